The molecule has 1 saturated carbocycles. The van der Waals surface area contributed by atoms with Crippen molar-refractivity contribution in [3.63, 3.8) is 0 Å². The fourth-order valence-corrected chi connectivity index (χ4v) is 3.56. The van der Waals surface area contributed by atoms with Crippen LogP contribution in [0.15, 0.2) is 0 Å². The van der Waals surface area contributed by atoms with Crippen LogP contribution in [0.2, 0.25) is 0 Å². The number of aliphatic carboxylic acids is 1. The van der Waals surface area contributed by atoms with Crippen molar-refractivity contribution >= 4 is 5.97 Å². The van der Waals surface area contributed by atoms with Crippen LogP contribution in [0.1, 0.15) is 12.8 Å². The Balaban J connectivity index is 1.45. The van der Waals surface area contributed by atoms with Crippen molar-refractivity contribution in [1.82, 2.24) is 10.2 Å². The lowest BCUT2D eigenvalue weighted by Crippen LogP contribution is -2.36. The van der Waals surface area contributed by atoms with E-state index in [4.69, 9.17) is 5.11 Å². The second kappa shape index (κ2) is 4.00. The van der Waals surface area contributed by atoms with Gasteiger partial charge in [0.15, 0.2) is 0 Å². The number of carboxylic acids is 1. The highest BCUT2D eigenvalue weighted by Crippen LogP contribution is 2.51. The van der Waals surface area contributed by atoms with Crippen LogP contribution in [0.4, 0.5) is 0 Å². The molecule has 0 aromatic rings. The summed E-state index contributed by atoms with van der Waals surface area (Å²) in [6.45, 7) is 5.57. The summed E-state index contributed by atoms with van der Waals surface area (Å²) in [5.41, 5.74) is 0. The number of rotatable bonds is 3. The van der Waals surface area contributed by atoms with Gasteiger partial charge in [-0.15, -0.1) is 0 Å². The van der Waals surface area contributed by atoms with Gasteiger partial charge >= 0.3 is 5.97 Å². The van der Waals surface area contributed by atoms with Gasteiger partial charge in [0.1, 0.15) is 0 Å². The maximum absolute atomic E-state index is 10.8. The molecule has 3 aliphatic rings. The van der Waals surface area contributed by atoms with Crippen LogP contribution < -0.4 is 5.32 Å². The number of hydrogen-bond acceptors (Lipinski definition) is 3. The van der Waals surface area contributed by atoms with Crippen LogP contribution in [0, 0.1) is 23.7 Å². The fraction of sp³-hybridized carbons (Fsp3) is 0.917. The zero-order valence-corrected chi connectivity index (χ0v) is 9.56. The third-order valence-electron chi connectivity index (χ3n) is 4.53. The molecular formula is C12H20N2O2. The number of carbonyl (C=O) groups is 1. The molecule has 2 heterocycles. The zero-order chi connectivity index (χ0) is 11.1. The summed E-state index contributed by atoms with van der Waals surface area (Å²) in [7, 11) is 0. The van der Waals surface area contributed by atoms with Crippen molar-refractivity contribution in [1.29, 1.82) is 0 Å². The van der Waals surface area contributed by atoms with E-state index in [0.29, 0.717) is 11.8 Å². The first-order valence-electron chi connectivity index (χ1n) is 6.41. The summed E-state index contributed by atoms with van der Waals surface area (Å²) in [5.74, 6) is 1.20. The van der Waals surface area contributed by atoms with Gasteiger partial charge in [-0.1, -0.05) is 0 Å². The zero-order valence-electron chi connectivity index (χ0n) is 9.56. The number of hydrogen-bond donors (Lipinski definition) is 2. The highest BCUT2D eigenvalue weighted by molar-refractivity contribution is 5.74. The van der Waals surface area contributed by atoms with Crippen molar-refractivity contribution < 1.29 is 9.90 Å². The van der Waals surface area contributed by atoms with Crippen molar-refractivity contribution in [2.45, 2.75) is 12.8 Å². The second-order valence-electron chi connectivity index (χ2n) is 5.60. The van der Waals surface area contributed by atoms with Crippen LogP contribution in [0.5, 0.6) is 0 Å². The SMILES string of the molecule is O=C(O)C1C2CN(CC3CCNCC3)CC21. The largest absolute Gasteiger partial charge is 0.481 e. The van der Waals surface area contributed by atoms with Crippen LogP contribution in [-0.4, -0.2) is 48.7 Å². The van der Waals surface area contributed by atoms with E-state index in [9.17, 15) is 4.79 Å². The Morgan fingerprint density at radius 3 is 2.44 bits per heavy atom. The summed E-state index contributed by atoms with van der Waals surface area (Å²) >= 11 is 0. The first kappa shape index (κ1) is 10.5. The lowest BCUT2D eigenvalue weighted by Gasteiger charge is -2.28. The lowest BCUT2D eigenvalue weighted by atomic mass is 9.97. The molecular weight excluding hydrogens is 204 g/mol. The molecule has 2 aliphatic heterocycles. The highest BCUT2D eigenvalue weighted by Gasteiger charge is 2.59. The molecule has 0 spiro atoms. The minimum absolute atomic E-state index is 0.00993. The van der Waals surface area contributed by atoms with Crippen molar-refractivity contribution in [2.75, 3.05) is 32.7 Å². The fourth-order valence-electron chi connectivity index (χ4n) is 3.56. The van der Waals surface area contributed by atoms with Gasteiger partial charge in [-0.25, -0.2) is 0 Å². The van der Waals surface area contributed by atoms with Crippen LogP contribution in [-0.2, 0) is 4.79 Å². The maximum Gasteiger partial charge on any atom is 0.307 e. The average Bonchev–Trinajstić information content (AvgIpc) is 2.79. The molecule has 0 radical (unpaired) electrons. The molecule has 2 atom stereocenters. The Morgan fingerprint density at radius 2 is 1.88 bits per heavy atom. The molecule has 0 bridgehead atoms. The molecule has 0 aromatic carbocycles. The van der Waals surface area contributed by atoms with Gasteiger partial charge in [0.05, 0.1) is 5.92 Å². The van der Waals surface area contributed by atoms with Crippen LogP contribution in [0.25, 0.3) is 0 Å². The van der Waals surface area contributed by atoms with Gasteiger partial charge < -0.3 is 15.3 Å². The molecule has 0 amide bonds. The minimum atomic E-state index is -0.573. The van der Waals surface area contributed by atoms with E-state index in [1.807, 2.05) is 0 Å². The number of carboxylic acid groups (broad SMARTS) is 1. The first-order chi connectivity index (χ1) is 7.75. The van der Waals surface area contributed by atoms with E-state index in [1.165, 1.54) is 19.4 Å². The second-order valence-corrected chi connectivity index (χ2v) is 5.60. The lowest BCUT2D eigenvalue weighted by molar-refractivity contribution is -0.139. The molecule has 1 aliphatic carbocycles. The normalized spacial score (nSPS) is 39.6. The minimum Gasteiger partial charge on any atom is -0.481 e. The van der Waals surface area contributed by atoms with Gasteiger partial charge in [0, 0.05) is 19.6 Å². The summed E-state index contributed by atoms with van der Waals surface area (Å²) in [4.78, 5) is 13.3. The standard InChI is InChI=1S/C12H20N2O2/c15-12(16)11-9-6-14(7-10(9)11)5-8-1-3-13-4-2-8/h8-11,13H,1-7H2,(H,15,16). The summed E-state index contributed by atoms with van der Waals surface area (Å²) in [6.07, 6.45) is 2.57. The van der Waals surface area contributed by atoms with Crippen LogP contribution >= 0.6 is 0 Å². The number of nitrogens with zero attached hydrogens (tertiary/aromatic N) is 1. The average molecular weight is 224 g/mol. The topological polar surface area (TPSA) is 52.6 Å². The molecule has 3 rings (SSSR count). The van der Waals surface area contributed by atoms with Crippen molar-refractivity contribution in [2.24, 2.45) is 23.7 Å². The summed E-state index contributed by atoms with van der Waals surface area (Å²) in [5, 5.41) is 12.3. The Bertz CT molecular complexity index is 277. The maximum atomic E-state index is 10.8. The number of fused-ring (bicyclic) bond motifs is 1. The van der Waals surface area contributed by atoms with E-state index < -0.39 is 5.97 Å². The highest BCUT2D eigenvalue weighted by atomic mass is 16.4. The van der Waals surface area contributed by atoms with Gasteiger partial charge in [0.2, 0.25) is 0 Å². The Labute approximate surface area is 96.0 Å². The molecule has 3 fully saturated rings. The van der Waals surface area contributed by atoms with Gasteiger partial charge in [0.25, 0.3) is 0 Å². The third kappa shape index (κ3) is 1.84. The number of piperidine rings is 2. The van der Waals surface area contributed by atoms with Gasteiger partial charge in [-0.3, -0.25) is 4.79 Å². The molecule has 0 aromatic heterocycles. The van der Waals surface area contributed by atoms with Crippen molar-refractivity contribution in [3.05, 3.63) is 0 Å². The van der Waals surface area contributed by atoms with Crippen molar-refractivity contribution in [3.8, 4) is 0 Å². The molecule has 4 heteroatoms. The predicted octanol–water partition coefficient (Wildman–Crippen LogP) is 0.248. The predicted molar refractivity (Wildman–Crippen MR) is 60.1 cm³/mol. The Hall–Kier alpha value is -0.610. The molecule has 90 valence electrons. The van der Waals surface area contributed by atoms with E-state index in [0.717, 1.165) is 32.1 Å². The summed E-state index contributed by atoms with van der Waals surface area (Å²) < 4.78 is 0. The van der Waals surface area contributed by atoms with E-state index in [2.05, 4.69) is 10.2 Å². The van der Waals surface area contributed by atoms with E-state index in [-0.39, 0.29) is 5.92 Å². The molecule has 2 N–H and O–H groups in total. The molecule has 4 nitrogen and oxygen atoms in total. The first-order valence-corrected chi connectivity index (χ1v) is 6.41. The smallest absolute Gasteiger partial charge is 0.307 e. The Kier molecular flexibility index (Phi) is 2.64. The van der Waals surface area contributed by atoms with E-state index >= 15 is 0 Å². The monoisotopic (exact) mass is 224 g/mol. The molecule has 2 unspecified atom stereocenters. The number of nitrogens with one attached hydrogen (secondary N) is 1. The van der Waals surface area contributed by atoms with E-state index in [1.54, 1.807) is 0 Å². The number of likely N-dealkylation sites (tertiary alicyclic amines) is 1. The third-order valence-corrected chi connectivity index (χ3v) is 4.53. The summed E-state index contributed by atoms with van der Waals surface area (Å²) in [6, 6.07) is 0. The van der Waals surface area contributed by atoms with Gasteiger partial charge in [-0.2, -0.15) is 0 Å². The molecule has 16 heavy (non-hydrogen) atoms. The van der Waals surface area contributed by atoms with Gasteiger partial charge in [-0.05, 0) is 43.7 Å². The Morgan fingerprint density at radius 1 is 1.25 bits per heavy atom. The van der Waals surface area contributed by atoms with Crippen LogP contribution in [0.3, 0.4) is 0 Å². The quantitative estimate of drug-likeness (QED) is 0.721. The molecule has 2 saturated heterocycles.